The van der Waals surface area contributed by atoms with Gasteiger partial charge in [-0.05, 0) is 25.0 Å². The number of para-hydroxylation sites is 1. The number of nitrogens with two attached hydrogens (primary N) is 1. The molecule has 0 aliphatic carbocycles. The predicted molar refractivity (Wildman–Crippen MR) is 78.1 cm³/mol. The Hall–Kier alpha value is -1.55. The third-order valence-corrected chi connectivity index (χ3v) is 3.69. The average Bonchev–Trinajstić information content (AvgIpc) is 2.72. The first kappa shape index (κ1) is 13.9. The lowest BCUT2D eigenvalue weighted by Crippen LogP contribution is -2.45. The van der Waals surface area contributed by atoms with Gasteiger partial charge < -0.3 is 15.5 Å². The summed E-state index contributed by atoms with van der Waals surface area (Å²) in [6.45, 7) is 5.41. The molecule has 1 aliphatic heterocycles. The van der Waals surface area contributed by atoms with Crippen molar-refractivity contribution >= 4 is 11.6 Å². The summed E-state index contributed by atoms with van der Waals surface area (Å²) in [6.07, 6.45) is 1.70. The van der Waals surface area contributed by atoms with Crippen molar-refractivity contribution < 1.29 is 4.79 Å². The normalized spacial score (nSPS) is 18.0. The molecule has 2 N–H and O–H groups in total. The summed E-state index contributed by atoms with van der Waals surface area (Å²) in [5.41, 5.74) is 7.07. The molecule has 1 saturated heterocycles. The zero-order valence-electron chi connectivity index (χ0n) is 11.6. The van der Waals surface area contributed by atoms with E-state index in [1.54, 1.807) is 0 Å². The Morgan fingerprint density at radius 3 is 2.63 bits per heavy atom. The molecule has 0 radical (unpaired) electrons. The molecule has 0 aromatic heterocycles. The standard InChI is InChI=1S/C15H23N3O/c1-2-14(16)15(19)18-10-6-9-17(11-12-18)13-7-4-3-5-8-13/h3-5,7-8,14H,2,6,9-12,16H2,1H3/t14-/m0/s1. The van der Waals surface area contributed by atoms with Crippen molar-refractivity contribution in [3.05, 3.63) is 30.3 Å². The van der Waals surface area contributed by atoms with Gasteiger partial charge in [-0.1, -0.05) is 25.1 Å². The van der Waals surface area contributed by atoms with Gasteiger partial charge in [0.25, 0.3) is 0 Å². The lowest BCUT2D eigenvalue weighted by Gasteiger charge is -2.25. The Kier molecular flexibility index (Phi) is 4.80. The molecule has 1 heterocycles. The van der Waals surface area contributed by atoms with Crippen LogP contribution >= 0.6 is 0 Å². The van der Waals surface area contributed by atoms with Crippen LogP contribution in [0.4, 0.5) is 5.69 Å². The van der Waals surface area contributed by atoms with Gasteiger partial charge in [-0.25, -0.2) is 0 Å². The number of rotatable bonds is 3. The summed E-state index contributed by atoms with van der Waals surface area (Å²) in [6, 6.07) is 10.0. The van der Waals surface area contributed by atoms with E-state index < -0.39 is 0 Å². The van der Waals surface area contributed by atoms with E-state index in [0.29, 0.717) is 6.42 Å². The van der Waals surface area contributed by atoms with Crippen LogP contribution in [0.15, 0.2) is 30.3 Å². The van der Waals surface area contributed by atoms with E-state index in [0.717, 1.165) is 32.6 Å². The Morgan fingerprint density at radius 1 is 1.21 bits per heavy atom. The summed E-state index contributed by atoms with van der Waals surface area (Å²) in [5.74, 6) is 0.0948. The largest absolute Gasteiger partial charge is 0.370 e. The van der Waals surface area contributed by atoms with Crippen LogP contribution in [0.2, 0.25) is 0 Å². The van der Waals surface area contributed by atoms with Gasteiger partial charge in [0.1, 0.15) is 0 Å². The maximum absolute atomic E-state index is 12.1. The monoisotopic (exact) mass is 261 g/mol. The van der Waals surface area contributed by atoms with Crippen molar-refractivity contribution in [2.75, 3.05) is 31.1 Å². The molecule has 104 valence electrons. The fraction of sp³-hybridized carbons (Fsp3) is 0.533. The third kappa shape index (κ3) is 3.47. The van der Waals surface area contributed by atoms with Gasteiger partial charge in [0, 0.05) is 31.9 Å². The summed E-state index contributed by atoms with van der Waals surface area (Å²) in [7, 11) is 0. The van der Waals surface area contributed by atoms with Crippen LogP contribution in [0.1, 0.15) is 19.8 Å². The zero-order chi connectivity index (χ0) is 13.7. The van der Waals surface area contributed by atoms with Gasteiger partial charge in [0.15, 0.2) is 0 Å². The molecule has 0 saturated carbocycles. The smallest absolute Gasteiger partial charge is 0.239 e. The molecule has 1 amide bonds. The molecule has 4 nitrogen and oxygen atoms in total. The molecule has 0 bridgehead atoms. The van der Waals surface area contributed by atoms with E-state index in [1.165, 1.54) is 5.69 Å². The molecule has 1 atom stereocenters. The number of nitrogens with zero attached hydrogens (tertiary/aromatic N) is 2. The highest BCUT2D eigenvalue weighted by atomic mass is 16.2. The summed E-state index contributed by atoms with van der Waals surface area (Å²) < 4.78 is 0. The summed E-state index contributed by atoms with van der Waals surface area (Å²) in [4.78, 5) is 16.4. The molecule has 4 heteroatoms. The second kappa shape index (κ2) is 6.57. The molecule has 1 aromatic rings. The SMILES string of the molecule is CC[C@H](N)C(=O)N1CCCN(c2ccccc2)CC1. The van der Waals surface area contributed by atoms with Crippen molar-refractivity contribution in [1.82, 2.24) is 4.90 Å². The van der Waals surface area contributed by atoms with Gasteiger partial charge in [0.05, 0.1) is 6.04 Å². The highest BCUT2D eigenvalue weighted by Crippen LogP contribution is 2.16. The van der Waals surface area contributed by atoms with Crippen LogP contribution in [0.5, 0.6) is 0 Å². The van der Waals surface area contributed by atoms with Gasteiger partial charge in [0.2, 0.25) is 5.91 Å². The molecule has 1 aliphatic rings. The maximum atomic E-state index is 12.1. The number of anilines is 1. The topological polar surface area (TPSA) is 49.6 Å². The molecular weight excluding hydrogens is 238 g/mol. The van der Waals surface area contributed by atoms with Crippen LogP contribution in [0, 0.1) is 0 Å². The Labute approximate surface area is 115 Å². The highest BCUT2D eigenvalue weighted by molar-refractivity contribution is 5.81. The van der Waals surface area contributed by atoms with Gasteiger partial charge >= 0.3 is 0 Å². The van der Waals surface area contributed by atoms with Gasteiger partial charge in [-0.3, -0.25) is 4.79 Å². The van der Waals surface area contributed by atoms with E-state index in [-0.39, 0.29) is 11.9 Å². The van der Waals surface area contributed by atoms with Crippen LogP contribution in [0.25, 0.3) is 0 Å². The number of hydrogen-bond donors (Lipinski definition) is 1. The fourth-order valence-electron chi connectivity index (χ4n) is 2.44. The van der Waals surface area contributed by atoms with Gasteiger partial charge in [-0.15, -0.1) is 0 Å². The molecule has 2 rings (SSSR count). The minimum absolute atomic E-state index is 0.0948. The van der Waals surface area contributed by atoms with E-state index in [4.69, 9.17) is 5.73 Å². The highest BCUT2D eigenvalue weighted by Gasteiger charge is 2.22. The molecule has 0 spiro atoms. The summed E-state index contributed by atoms with van der Waals surface area (Å²) >= 11 is 0. The second-order valence-corrected chi connectivity index (χ2v) is 5.02. The third-order valence-electron chi connectivity index (χ3n) is 3.69. The van der Waals surface area contributed by atoms with E-state index in [1.807, 2.05) is 17.9 Å². The predicted octanol–water partition coefficient (Wildman–Crippen LogP) is 1.46. The van der Waals surface area contributed by atoms with E-state index >= 15 is 0 Å². The van der Waals surface area contributed by atoms with Gasteiger partial charge in [-0.2, -0.15) is 0 Å². The Morgan fingerprint density at radius 2 is 1.95 bits per heavy atom. The first-order chi connectivity index (χ1) is 9.22. The second-order valence-electron chi connectivity index (χ2n) is 5.02. The Balaban J connectivity index is 1.97. The van der Waals surface area contributed by atoms with Crippen molar-refractivity contribution in [3.63, 3.8) is 0 Å². The summed E-state index contributed by atoms with van der Waals surface area (Å²) in [5, 5.41) is 0. The zero-order valence-corrected chi connectivity index (χ0v) is 11.6. The number of carbonyl (C=O) groups is 1. The quantitative estimate of drug-likeness (QED) is 0.896. The lowest BCUT2D eigenvalue weighted by molar-refractivity contribution is -0.132. The molecule has 19 heavy (non-hydrogen) atoms. The van der Waals surface area contributed by atoms with E-state index in [9.17, 15) is 4.79 Å². The van der Waals surface area contributed by atoms with E-state index in [2.05, 4.69) is 29.2 Å². The number of carbonyl (C=O) groups excluding carboxylic acids is 1. The first-order valence-corrected chi connectivity index (χ1v) is 7.06. The molecule has 1 aromatic carbocycles. The van der Waals surface area contributed by atoms with Crippen molar-refractivity contribution in [2.24, 2.45) is 5.73 Å². The van der Waals surface area contributed by atoms with Crippen molar-refractivity contribution in [1.29, 1.82) is 0 Å². The van der Waals surface area contributed by atoms with Crippen molar-refractivity contribution in [2.45, 2.75) is 25.8 Å². The average molecular weight is 261 g/mol. The first-order valence-electron chi connectivity index (χ1n) is 7.06. The molecule has 0 unspecified atom stereocenters. The fourth-order valence-corrected chi connectivity index (χ4v) is 2.44. The number of hydrogen-bond acceptors (Lipinski definition) is 3. The van der Waals surface area contributed by atoms with Crippen LogP contribution in [-0.4, -0.2) is 43.0 Å². The maximum Gasteiger partial charge on any atom is 0.239 e. The lowest BCUT2D eigenvalue weighted by atomic mass is 10.2. The van der Waals surface area contributed by atoms with Crippen LogP contribution < -0.4 is 10.6 Å². The molecule has 1 fully saturated rings. The number of amides is 1. The minimum atomic E-state index is -0.344. The molecular formula is C15H23N3O. The number of benzene rings is 1. The Bertz CT molecular complexity index is 407. The van der Waals surface area contributed by atoms with Crippen molar-refractivity contribution in [3.8, 4) is 0 Å². The van der Waals surface area contributed by atoms with Crippen LogP contribution in [-0.2, 0) is 4.79 Å². The van der Waals surface area contributed by atoms with Crippen LogP contribution in [0.3, 0.4) is 0 Å². The minimum Gasteiger partial charge on any atom is -0.370 e.